The highest BCUT2D eigenvalue weighted by Gasteiger charge is 2.25. The predicted molar refractivity (Wildman–Crippen MR) is 228 cm³/mol. The zero-order valence-corrected chi connectivity index (χ0v) is 34.9. The summed E-state index contributed by atoms with van der Waals surface area (Å²) in [6.45, 7) is 16.3. The van der Waals surface area contributed by atoms with Gasteiger partial charge in [-0.2, -0.15) is 0 Å². The van der Waals surface area contributed by atoms with Gasteiger partial charge in [0.25, 0.3) is 0 Å². The van der Waals surface area contributed by atoms with Crippen LogP contribution in [0.15, 0.2) is 36.4 Å². The standard InChI is InChI=1S/C46H54N4O8/c1-9-29-27(7)35-23-39-31(15-19-43(51)55-11-3)32(16-20-44(52)56-12-4)40(49-39)24-36-28(8)30(10-2)38(48-36)26-42-34(18-22-46(54)58-14-6)33(17-21-45(53)57-13-5)41(50-42)25-37(29)47-35/h15-16,19-20,23-26,47,49H,9-14,17-18,21-22H2,1-8H3/b19-15+,20-16+,35-23?,36-24?,37-25?,38-26?,39-23?,40-24?,41-25?,42-26?. The molecule has 0 atom stereocenters. The van der Waals surface area contributed by atoms with Gasteiger partial charge in [0.1, 0.15) is 0 Å². The number of nitrogens with one attached hydrogen (secondary N) is 2. The van der Waals surface area contributed by atoms with Crippen molar-refractivity contribution in [2.75, 3.05) is 26.4 Å². The molecule has 0 amide bonds. The van der Waals surface area contributed by atoms with E-state index in [9.17, 15) is 19.2 Å². The Kier molecular flexibility index (Phi) is 14.8. The van der Waals surface area contributed by atoms with Crippen LogP contribution in [0.3, 0.4) is 0 Å². The molecule has 58 heavy (non-hydrogen) atoms. The smallest absolute Gasteiger partial charge is 0.330 e. The van der Waals surface area contributed by atoms with Gasteiger partial charge in [-0.25, -0.2) is 19.6 Å². The molecule has 306 valence electrons. The molecule has 3 aromatic heterocycles. The van der Waals surface area contributed by atoms with Crippen molar-refractivity contribution >= 4 is 80.4 Å². The van der Waals surface area contributed by atoms with Crippen molar-refractivity contribution in [3.05, 3.63) is 81.4 Å². The van der Waals surface area contributed by atoms with Crippen molar-refractivity contribution in [1.29, 1.82) is 0 Å². The highest BCUT2D eigenvalue weighted by molar-refractivity contribution is 6.00. The number of allylic oxidation sites excluding steroid dienone is 4. The SMILES string of the molecule is CCOC(=O)/C=C/c1c(/C=C/C(=O)OCC)c2cc3[nH]c(cc4nc(cc5nc(cc1[nH]2)C(C)=C5CC)C(CCC(=O)OCC)=C4CCC(=O)OCC)c(CC)c3C. The Morgan fingerprint density at radius 2 is 1.02 bits per heavy atom. The van der Waals surface area contributed by atoms with Crippen molar-refractivity contribution < 1.29 is 38.1 Å². The van der Waals surface area contributed by atoms with E-state index in [0.717, 1.165) is 50.1 Å². The number of hydrogen-bond acceptors (Lipinski definition) is 10. The van der Waals surface area contributed by atoms with Crippen LogP contribution < -0.4 is 0 Å². The summed E-state index contributed by atoms with van der Waals surface area (Å²) < 4.78 is 21.1. The normalized spacial score (nSPS) is 12.8. The van der Waals surface area contributed by atoms with E-state index < -0.39 is 11.9 Å². The third-order valence-electron chi connectivity index (χ3n) is 10.1. The molecule has 0 fully saturated rings. The lowest BCUT2D eigenvalue weighted by molar-refractivity contribution is -0.143. The minimum atomic E-state index is -0.499. The van der Waals surface area contributed by atoms with Crippen LogP contribution in [0.25, 0.3) is 56.5 Å². The van der Waals surface area contributed by atoms with Crippen LogP contribution in [-0.4, -0.2) is 70.2 Å². The van der Waals surface area contributed by atoms with E-state index in [1.165, 1.54) is 12.2 Å². The fourth-order valence-electron chi connectivity index (χ4n) is 7.41. The third kappa shape index (κ3) is 9.90. The zero-order chi connectivity index (χ0) is 41.9. The number of aromatic amines is 2. The van der Waals surface area contributed by atoms with Crippen molar-refractivity contribution in [3.63, 3.8) is 0 Å². The number of fused-ring (bicyclic) bond motifs is 8. The number of esters is 4. The second kappa shape index (κ2) is 19.9. The van der Waals surface area contributed by atoms with Gasteiger partial charge in [-0.1, -0.05) is 13.8 Å². The summed E-state index contributed by atoms with van der Waals surface area (Å²) in [6.07, 6.45) is 8.52. The van der Waals surface area contributed by atoms with Gasteiger partial charge in [-0.05, 0) is 137 Å². The zero-order valence-electron chi connectivity index (χ0n) is 34.9. The Morgan fingerprint density at radius 1 is 0.552 bits per heavy atom. The number of carbonyl (C=O) groups is 4. The van der Waals surface area contributed by atoms with Crippen molar-refractivity contribution in [1.82, 2.24) is 19.9 Å². The second-order valence-corrected chi connectivity index (χ2v) is 13.7. The quantitative estimate of drug-likeness (QED) is 0.0812. The van der Waals surface area contributed by atoms with Gasteiger partial charge in [0.15, 0.2) is 0 Å². The Bertz CT molecular complexity index is 2370. The maximum atomic E-state index is 12.7. The van der Waals surface area contributed by atoms with E-state index in [4.69, 9.17) is 28.9 Å². The number of nitrogens with zero attached hydrogens (tertiary/aromatic N) is 2. The largest absolute Gasteiger partial charge is 0.466 e. The fourth-order valence-corrected chi connectivity index (χ4v) is 7.41. The molecule has 2 aliphatic heterocycles. The van der Waals surface area contributed by atoms with Crippen molar-refractivity contribution in [3.8, 4) is 0 Å². The van der Waals surface area contributed by atoms with E-state index in [-0.39, 0.29) is 51.2 Å². The fraction of sp³-hybridized carbons (Fsp3) is 0.391. The molecule has 0 radical (unpaired) electrons. The predicted octanol–water partition coefficient (Wildman–Crippen LogP) is 9.28. The molecule has 2 N–H and O–H groups in total. The lowest BCUT2D eigenvalue weighted by Gasteiger charge is -2.09. The summed E-state index contributed by atoms with van der Waals surface area (Å²) in [4.78, 5) is 68.3. The second-order valence-electron chi connectivity index (χ2n) is 13.7. The van der Waals surface area contributed by atoms with Gasteiger partial charge < -0.3 is 28.9 Å². The van der Waals surface area contributed by atoms with Gasteiger partial charge >= 0.3 is 23.9 Å². The first-order valence-electron chi connectivity index (χ1n) is 20.2. The number of aryl methyl sites for hydroxylation is 2. The van der Waals surface area contributed by atoms with Gasteiger partial charge in [0, 0.05) is 58.2 Å². The molecule has 12 heteroatoms. The Morgan fingerprint density at radius 3 is 1.53 bits per heavy atom. The van der Waals surface area contributed by atoms with Crippen LogP contribution in [0.1, 0.15) is 126 Å². The maximum absolute atomic E-state index is 12.7. The van der Waals surface area contributed by atoms with Gasteiger partial charge in [0.2, 0.25) is 0 Å². The molecule has 2 aliphatic rings. The van der Waals surface area contributed by atoms with Gasteiger partial charge in [-0.3, -0.25) is 9.59 Å². The molecule has 0 spiro atoms. The summed E-state index contributed by atoms with van der Waals surface area (Å²) in [5.41, 5.74) is 12.9. The molecule has 8 bridgehead atoms. The third-order valence-corrected chi connectivity index (χ3v) is 10.1. The number of ether oxygens (including phenoxy) is 4. The first-order valence-corrected chi connectivity index (χ1v) is 20.2. The van der Waals surface area contributed by atoms with E-state index in [1.54, 1.807) is 39.8 Å². The molecule has 3 aromatic rings. The number of aromatic nitrogens is 4. The summed E-state index contributed by atoms with van der Waals surface area (Å²) in [5.74, 6) is -1.62. The maximum Gasteiger partial charge on any atom is 0.330 e. The minimum absolute atomic E-state index is 0.143. The molecule has 5 heterocycles. The molecule has 0 aliphatic carbocycles. The van der Waals surface area contributed by atoms with Crippen LogP contribution in [0.5, 0.6) is 0 Å². The van der Waals surface area contributed by atoms with Crippen LogP contribution in [-0.2, 0) is 44.5 Å². The van der Waals surface area contributed by atoms with Gasteiger partial charge in [0.05, 0.1) is 49.2 Å². The monoisotopic (exact) mass is 790 g/mol. The van der Waals surface area contributed by atoms with Gasteiger partial charge in [-0.15, -0.1) is 0 Å². The minimum Gasteiger partial charge on any atom is -0.466 e. The summed E-state index contributed by atoms with van der Waals surface area (Å²) in [5, 5.41) is 0. The van der Waals surface area contributed by atoms with E-state index >= 15 is 0 Å². The molecular weight excluding hydrogens is 737 g/mol. The van der Waals surface area contributed by atoms with Crippen LogP contribution in [0.2, 0.25) is 0 Å². The number of H-pyrrole nitrogens is 2. The van der Waals surface area contributed by atoms with Crippen LogP contribution in [0.4, 0.5) is 0 Å². The number of carbonyl (C=O) groups excluding carboxylic acids is 4. The van der Waals surface area contributed by atoms with E-state index in [0.29, 0.717) is 64.9 Å². The summed E-state index contributed by atoms with van der Waals surface area (Å²) in [7, 11) is 0. The Balaban J connectivity index is 1.93. The lowest BCUT2D eigenvalue weighted by atomic mass is 9.95. The lowest BCUT2D eigenvalue weighted by Crippen LogP contribution is -2.05. The average Bonchev–Trinajstić information content (AvgIpc) is 3.87. The Labute approximate surface area is 339 Å². The number of rotatable bonds is 16. The topological polar surface area (TPSA) is 163 Å². The van der Waals surface area contributed by atoms with E-state index in [2.05, 4.69) is 23.8 Å². The highest BCUT2D eigenvalue weighted by Crippen LogP contribution is 2.40. The highest BCUT2D eigenvalue weighted by atomic mass is 16.5. The molecule has 0 unspecified atom stereocenters. The molecular formula is C46H54N4O8. The molecule has 0 saturated carbocycles. The first kappa shape index (κ1) is 43.1. The van der Waals surface area contributed by atoms with Crippen molar-refractivity contribution in [2.45, 2.75) is 93.9 Å². The van der Waals surface area contributed by atoms with Crippen molar-refractivity contribution in [2.24, 2.45) is 0 Å². The summed E-state index contributed by atoms with van der Waals surface area (Å²) >= 11 is 0. The first-order chi connectivity index (χ1) is 28.0. The Hall–Kier alpha value is -6.04. The van der Waals surface area contributed by atoms with Crippen LogP contribution in [0, 0.1) is 6.92 Å². The molecule has 5 rings (SSSR count). The average molecular weight is 791 g/mol. The summed E-state index contributed by atoms with van der Waals surface area (Å²) in [6, 6.07) is 7.91. The number of hydrogen-bond donors (Lipinski definition) is 2. The van der Waals surface area contributed by atoms with E-state index in [1.807, 2.05) is 38.1 Å². The molecule has 12 nitrogen and oxygen atoms in total. The molecule has 0 saturated heterocycles. The van der Waals surface area contributed by atoms with Crippen LogP contribution >= 0.6 is 0 Å². The molecule has 0 aromatic carbocycles.